The van der Waals surface area contributed by atoms with Crippen LogP contribution in [0.1, 0.15) is 70.1 Å². The fourth-order valence-electron chi connectivity index (χ4n) is 4.99. The van der Waals surface area contributed by atoms with Crippen molar-refractivity contribution >= 4 is 47.4 Å². The molecule has 0 unspecified atom stereocenters. The van der Waals surface area contributed by atoms with Crippen molar-refractivity contribution in [2.75, 3.05) is 24.7 Å². The molecule has 0 bridgehead atoms. The molecule has 4 amide bonds. The first-order valence-electron chi connectivity index (χ1n) is 15.3. The molecule has 11 nitrogen and oxygen atoms in total. The van der Waals surface area contributed by atoms with Crippen LogP contribution >= 0.6 is 0 Å². The third-order valence-corrected chi connectivity index (χ3v) is 7.57. The minimum Gasteiger partial charge on any atom is -0.375 e. The van der Waals surface area contributed by atoms with Gasteiger partial charge in [-0.3, -0.25) is 19.2 Å². The number of carbonyl (C=O) groups is 5. The standard InChI is InChI=1S/C35H41N3O8/c1-34(2,19-21-44-35(3,4)23-33(43)46-38-31(41)17-18-32(38)42)45-22-20-36-29(39)15-16-30(40)37-24-27-11-6-5-9-25(27)13-14-26-10-7-8-12-28(26)37/h5-14,17-18H,15-16,19-24H2,1-4H3,(H,36,39)/b14-13-. The molecule has 2 aliphatic rings. The van der Waals surface area contributed by atoms with E-state index >= 15 is 0 Å². The van der Waals surface area contributed by atoms with Crippen molar-refractivity contribution in [2.45, 2.75) is 71.1 Å². The summed E-state index contributed by atoms with van der Waals surface area (Å²) in [4.78, 5) is 67.9. The minimum absolute atomic E-state index is 0.0559. The Kier molecular flexibility index (Phi) is 11.3. The second-order valence-electron chi connectivity index (χ2n) is 12.3. The first kappa shape index (κ1) is 34.3. The van der Waals surface area contributed by atoms with Gasteiger partial charge in [0.1, 0.15) is 0 Å². The number of amides is 4. The Morgan fingerprint density at radius 1 is 0.783 bits per heavy atom. The summed E-state index contributed by atoms with van der Waals surface area (Å²) in [6.07, 6.45) is 6.57. The predicted molar refractivity (Wildman–Crippen MR) is 172 cm³/mol. The van der Waals surface area contributed by atoms with Gasteiger partial charge in [-0.15, -0.1) is 0 Å². The smallest absolute Gasteiger partial charge is 0.336 e. The quantitative estimate of drug-likeness (QED) is 0.241. The molecule has 2 aromatic rings. The lowest BCUT2D eigenvalue weighted by Crippen LogP contribution is -2.37. The van der Waals surface area contributed by atoms with Crippen LogP contribution in [-0.2, 0) is 44.8 Å². The Morgan fingerprint density at radius 2 is 1.41 bits per heavy atom. The largest absolute Gasteiger partial charge is 0.375 e. The van der Waals surface area contributed by atoms with Gasteiger partial charge in [0.15, 0.2) is 0 Å². The van der Waals surface area contributed by atoms with E-state index < -0.39 is 29.0 Å². The van der Waals surface area contributed by atoms with E-state index in [1.165, 1.54) is 0 Å². The lowest BCUT2D eigenvalue weighted by Gasteiger charge is -2.29. The van der Waals surface area contributed by atoms with Crippen LogP contribution in [0.25, 0.3) is 12.2 Å². The number of anilines is 1. The maximum atomic E-state index is 13.4. The molecule has 2 heterocycles. The van der Waals surface area contributed by atoms with E-state index in [-0.39, 0.29) is 50.8 Å². The number of carbonyl (C=O) groups excluding carboxylic acids is 5. The van der Waals surface area contributed by atoms with E-state index in [9.17, 15) is 24.0 Å². The highest BCUT2D eigenvalue weighted by Crippen LogP contribution is 2.29. The van der Waals surface area contributed by atoms with Crippen molar-refractivity contribution in [3.8, 4) is 0 Å². The van der Waals surface area contributed by atoms with Crippen LogP contribution < -0.4 is 10.2 Å². The number of hydroxylamine groups is 2. The first-order valence-corrected chi connectivity index (χ1v) is 15.3. The van der Waals surface area contributed by atoms with E-state index in [0.29, 0.717) is 18.0 Å². The van der Waals surface area contributed by atoms with E-state index in [2.05, 4.69) is 11.4 Å². The molecule has 0 atom stereocenters. The van der Waals surface area contributed by atoms with Crippen molar-refractivity contribution in [1.29, 1.82) is 0 Å². The molecule has 1 N–H and O–H groups in total. The van der Waals surface area contributed by atoms with Crippen molar-refractivity contribution in [3.05, 3.63) is 77.4 Å². The van der Waals surface area contributed by atoms with Gasteiger partial charge in [0, 0.05) is 31.5 Å². The Morgan fingerprint density at radius 3 is 2.15 bits per heavy atom. The van der Waals surface area contributed by atoms with Crippen LogP contribution in [0.4, 0.5) is 5.69 Å². The van der Waals surface area contributed by atoms with Crippen LogP contribution in [0.2, 0.25) is 0 Å². The number of ether oxygens (including phenoxy) is 2. The summed E-state index contributed by atoms with van der Waals surface area (Å²) in [5, 5.41) is 3.24. The summed E-state index contributed by atoms with van der Waals surface area (Å²) in [6.45, 7) is 8.43. The third kappa shape index (κ3) is 9.69. The molecule has 244 valence electrons. The molecule has 0 radical (unpaired) electrons. The van der Waals surface area contributed by atoms with E-state index in [1.807, 2.05) is 68.5 Å². The van der Waals surface area contributed by atoms with Gasteiger partial charge in [-0.05, 0) is 56.9 Å². The van der Waals surface area contributed by atoms with Gasteiger partial charge in [0.05, 0.1) is 43.1 Å². The molecule has 2 aliphatic heterocycles. The minimum atomic E-state index is -0.910. The molecule has 0 saturated carbocycles. The third-order valence-electron chi connectivity index (χ3n) is 7.57. The summed E-state index contributed by atoms with van der Waals surface area (Å²) in [5.74, 6) is -2.55. The molecular weight excluding hydrogens is 590 g/mol. The highest BCUT2D eigenvalue weighted by Gasteiger charge is 2.32. The number of nitrogens with zero attached hydrogens (tertiary/aromatic N) is 2. The predicted octanol–water partition coefficient (Wildman–Crippen LogP) is 4.35. The van der Waals surface area contributed by atoms with Crippen LogP contribution in [0.15, 0.2) is 60.7 Å². The lowest BCUT2D eigenvalue weighted by atomic mass is 10.0. The van der Waals surface area contributed by atoms with Gasteiger partial charge in [0.2, 0.25) is 11.8 Å². The number of para-hydroxylation sites is 1. The molecule has 11 heteroatoms. The summed E-state index contributed by atoms with van der Waals surface area (Å²) in [5.41, 5.74) is 2.35. The molecule has 2 aromatic carbocycles. The van der Waals surface area contributed by atoms with Crippen molar-refractivity contribution in [3.63, 3.8) is 0 Å². The van der Waals surface area contributed by atoms with E-state index in [1.54, 1.807) is 18.7 Å². The second kappa shape index (κ2) is 15.1. The van der Waals surface area contributed by atoms with Gasteiger partial charge in [-0.2, -0.15) is 0 Å². The number of hydrogen-bond donors (Lipinski definition) is 1. The molecule has 46 heavy (non-hydrogen) atoms. The first-order chi connectivity index (χ1) is 21.8. The van der Waals surface area contributed by atoms with Crippen molar-refractivity contribution in [1.82, 2.24) is 10.4 Å². The Labute approximate surface area is 269 Å². The molecule has 4 rings (SSSR count). The van der Waals surface area contributed by atoms with Gasteiger partial charge in [-0.25, -0.2) is 4.79 Å². The maximum absolute atomic E-state index is 13.4. The zero-order valence-electron chi connectivity index (χ0n) is 26.7. The molecule has 0 saturated heterocycles. The average molecular weight is 632 g/mol. The summed E-state index contributed by atoms with van der Waals surface area (Å²) >= 11 is 0. The number of nitrogens with one attached hydrogen (secondary N) is 1. The number of hydrogen-bond acceptors (Lipinski definition) is 8. The highest BCUT2D eigenvalue weighted by atomic mass is 16.7. The molecular formula is C35H41N3O8. The van der Waals surface area contributed by atoms with E-state index in [0.717, 1.165) is 34.5 Å². The Balaban J connectivity index is 1.15. The fraction of sp³-hybridized carbons (Fsp3) is 0.400. The normalized spacial score (nSPS) is 15.1. The van der Waals surface area contributed by atoms with Crippen molar-refractivity contribution in [2.24, 2.45) is 0 Å². The summed E-state index contributed by atoms with van der Waals surface area (Å²) in [7, 11) is 0. The number of imide groups is 1. The van der Waals surface area contributed by atoms with Crippen LogP contribution in [-0.4, -0.2) is 65.6 Å². The maximum Gasteiger partial charge on any atom is 0.336 e. The number of rotatable bonds is 14. The molecule has 0 fully saturated rings. The fourth-order valence-corrected chi connectivity index (χ4v) is 4.99. The average Bonchev–Trinajstić information content (AvgIpc) is 3.30. The van der Waals surface area contributed by atoms with Gasteiger partial charge < -0.3 is 24.5 Å². The summed E-state index contributed by atoms with van der Waals surface area (Å²) < 4.78 is 11.8. The second-order valence-corrected chi connectivity index (χ2v) is 12.3. The van der Waals surface area contributed by atoms with Gasteiger partial charge in [-0.1, -0.05) is 59.7 Å². The van der Waals surface area contributed by atoms with Crippen molar-refractivity contribution < 1.29 is 38.3 Å². The summed E-state index contributed by atoms with van der Waals surface area (Å²) in [6, 6.07) is 15.7. The molecule has 0 spiro atoms. The highest BCUT2D eigenvalue weighted by molar-refractivity contribution is 6.12. The zero-order valence-corrected chi connectivity index (χ0v) is 26.7. The van der Waals surface area contributed by atoms with Crippen LogP contribution in [0.3, 0.4) is 0 Å². The number of fused-ring (bicyclic) bond motifs is 2. The molecule has 0 aromatic heterocycles. The molecule has 0 aliphatic carbocycles. The lowest BCUT2D eigenvalue weighted by molar-refractivity contribution is -0.199. The van der Waals surface area contributed by atoms with E-state index in [4.69, 9.17) is 14.3 Å². The Bertz CT molecular complexity index is 1510. The monoisotopic (exact) mass is 631 g/mol. The zero-order chi connectivity index (χ0) is 33.3. The van der Waals surface area contributed by atoms with Crippen LogP contribution in [0, 0.1) is 0 Å². The number of benzene rings is 2. The van der Waals surface area contributed by atoms with Gasteiger partial charge >= 0.3 is 5.97 Å². The van der Waals surface area contributed by atoms with Gasteiger partial charge in [0.25, 0.3) is 11.8 Å². The SMILES string of the molecule is CC(C)(CCOC(C)(C)CC(=O)ON1C(=O)C=CC1=O)OCCNC(=O)CCC(=O)N1Cc2ccccc2/C=C\c2ccccc21. The van der Waals surface area contributed by atoms with Crippen LogP contribution in [0.5, 0.6) is 0 Å². The topological polar surface area (TPSA) is 132 Å². The Hall–Kier alpha value is -4.61.